The van der Waals surface area contributed by atoms with Crippen molar-refractivity contribution in [1.82, 2.24) is 9.88 Å². The third-order valence-electron chi connectivity index (χ3n) is 4.31. The van der Waals surface area contributed by atoms with Crippen molar-refractivity contribution < 1.29 is 14.6 Å². The molecule has 7 heteroatoms. The molecule has 2 aromatic rings. The van der Waals surface area contributed by atoms with Gasteiger partial charge in [0.25, 0.3) is 5.91 Å². The van der Waals surface area contributed by atoms with E-state index >= 15 is 0 Å². The van der Waals surface area contributed by atoms with E-state index in [4.69, 9.17) is 16.3 Å². The Bertz CT molecular complexity index is 761. The monoisotopic (exact) mass is 375 g/mol. The van der Waals surface area contributed by atoms with Gasteiger partial charge in [-0.2, -0.15) is 0 Å². The molecule has 1 unspecified atom stereocenters. The molecule has 0 saturated carbocycles. The van der Waals surface area contributed by atoms with Crippen LogP contribution in [0.15, 0.2) is 36.5 Å². The topological polar surface area (TPSA) is 74.7 Å². The number of halogens is 1. The zero-order chi connectivity index (χ0) is 18.5. The predicted molar refractivity (Wildman–Crippen MR) is 101 cm³/mol. The van der Waals surface area contributed by atoms with E-state index in [1.807, 2.05) is 31.2 Å². The molecule has 1 aliphatic heterocycles. The number of benzene rings is 1. The molecule has 0 aliphatic carbocycles. The molecule has 138 valence electrons. The lowest BCUT2D eigenvalue weighted by Gasteiger charge is -2.26. The number of anilines is 1. The molecule has 0 spiro atoms. The van der Waals surface area contributed by atoms with Gasteiger partial charge in [0.15, 0.2) is 0 Å². The summed E-state index contributed by atoms with van der Waals surface area (Å²) in [7, 11) is 0. The van der Waals surface area contributed by atoms with Crippen LogP contribution in [-0.2, 0) is 4.74 Å². The molecular formula is C19H22ClN3O3. The van der Waals surface area contributed by atoms with E-state index in [0.29, 0.717) is 42.7 Å². The summed E-state index contributed by atoms with van der Waals surface area (Å²) in [5.41, 5.74) is 2.40. The normalized spacial score (nSPS) is 15.6. The molecule has 0 bridgehead atoms. The van der Waals surface area contributed by atoms with E-state index in [1.54, 1.807) is 11.0 Å². The molecule has 1 aromatic carbocycles. The van der Waals surface area contributed by atoms with Crippen molar-refractivity contribution in [1.29, 1.82) is 0 Å². The van der Waals surface area contributed by atoms with Crippen molar-refractivity contribution in [2.75, 3.05) is 38.2 Å². The highest BCUT2D eigenvalue weighted by Crippen LogP contribution is 2.22. The second-order valence-corrected chi connectivity index (χ2v) is 6.67. The number of carbonyl (C=O) groups excluding carboxylic acids is 1. The van der Waals surface area contributed by atoms with E-state index in [1.165, 1.54) is 6.20 Å². The van der Waals surface area contributed by atoms with Crippen molar-refractivity contribution >= 4 is 23.3 Å². The maximum atomic E-state index is 12.5. The minimum Gasteiger partial charge on any atom is -0.387 e. The number of amides is 1. The van der Waals surface area contributed by atoms with E-state index in [9.17, 15) is 9.90 Å². The summed E-state index contributed by atoms with van der Waals surface area (Å²) in [6, 6.07) is 9.29. The van der Waals surface area contributed by atoms with Gasteiger partial charge in [0, 0.05) is 25.8 Å². The van der Waals surface area contributed by atoms with Crippen molar-refractivity contribution in [3.8, 4) is 0 Å². The highest BCUT2D eigenvalue weighted by molar-refractivity contribution is 6.33. The lowest BCUT2D eigenvalue weighted by atomic mass is 10.1. The van der Waals surface area contributed by atoms with Crippen LogP contribution in [0.1, 0.15) is 27.6 Å². The number of nitrogens with zero attached hydrogens (tertiary/aromatic N) is 2. The molecule has 1 fully saturated rings. The molecule has 1 aromatic heterocycles. The first-order chi connectivity index (χ1) is 12.5. The molecule has 1 saturated heterocycles. The van der Waals surface area contributed by atoms with Crippen molar-refractivity contribution in [3.05, 3.63) is 58.2 Å². The van der Waals surface area contributed by atoms with E-state index in [0.717, 1.165) is 11.1 Å². The minimum atomic E-state index is -0.678. The summed E-state index contributed by atoms with van der Waals surface area (Å²) in [6.45, 7) is 4.50. The average molecular weight is 376 g/mol. The van der Waals surface area contributed by atoms with Crippen LogP contribution in [0.4, 0.5) is 5.82 Å². The minimum absolute atomic E-state index is 0.103. The number of pyridine rings is 1. The Morgan fingerprint density at radius 2 is 2.04 bits per heavy atom. The van der Waals surface area contributed by atoms with Gasteiger partial charge < -0.3 is 20.1 Å². The fourth-order valence-electron chi connectivity index (χ4n) is 2.73. The quantitative estimate of drug-likeness (QED) is 0.840. The molecular weight excluding hydrogens is 354 g/mol. The first-order valence-electron chi connectivity index (χ1n) is 8.55. The first kappa shape index (κ1) is 18.6. The van der Waals surface area contributed by atoms with Gasteiger partial charge in [-0.05, 0) is 18.6 Å². The number of morpholine rings is 1. The van der Waals surface area contributed by atoms with Crippen LogP contribution < -0.4 is 5.32 Å². The number of aryl methyl sites for hydroxylation is 1. The van der Waals surface area contributed by atoms with Crippen LogP contribution >= 0.6 is 11.6 Å². The van der Waals surface area contributed by atoms with Crippen molar-refractivity contribution in [2.45, 2.75) is 13.0 Å². The first-order valence-corrected chi connectivity index (χ1v) is 8.93. The van der Waals surface area contributed by atoms with Gasteiger partial charge in [0.2, 0.25) is 0 Å². The maximum Gasteiger partial charge on any atom is 0.255 e. The van der Waals surface area contributed by atoms with E-state index < -0.39 is 6.10 Å². The van der Waals surface area contributed by atoms with E-state index in [-0.39, 0.29) is 12.5 Å². The predicted octanol–water partition coefficient (Wildman–Crippen LogP) is 2.66. The summed E-state index contributed by atoms with van der Waals surface area (Å²) >= 11 is 6.26. The number of hydrogen-bond acceptors (Lipinski definition) is 5. The molecule has 2 heterocycles. The molecule has 2 N–H and O–H groups in total. The Morgan fingerprint density at radius 3 is 2.69 bits per heavy atom. The third kappa shape index (κ3) is 4.52. The number of aromatic nitrogens is 1. The second kappa shape index (κ2) is 8.49. The largest absolute Gasteiger partial charge is 0.387 e. The number of aliphatic hydroxyl groups excluding tert-OH is 1. The lowest BCUT2D eigenvalue weighted by Crippen LogP contribution is -2.40. The SMILES string of the molecule is Cc1ccc(C(O)CNc2ncc(C(=O)N3CCOCC3)cc2Cl)cc1. The van der Waals surface area contributed by atoms with Crippen LogP contribution in [0.25, 0.3) is 0 Å². The zero-order valence-corrected chi connectivity index (χ0v) is 15.4. The van der Waals surface area contributed by atoms with Gasteiger partial charge in [-0.25, -0.2) is 4.98 Å². The summed E-state index contributed by atoms with van der Waals surface area (Å²) < 4.78 is 5.26. The molecule has 1 atom stereocenters. The Kier molecular flexibility index (Phi) is 6.08. The Hall–Kier alpha value is -2.15. The number of carbonyl (C=O) groups is 1. The van der Waals surface area contributed by atoms with Gasteiger partial charge in [0.05, 0.1) is 29.9 Å². The Balaban J connectivity index is 1.62. The van der Waals surface area contributed by atoms with Gasteiger partial charge in [0.1, 0.15) is 5.82 Å². The zero-order valence-electron chi connectivity index (χ0n) is 14.6. The third-order valence-corrected chi connectivity index (χ3v) is 4.60. The maximum absolute atomic E-state index is 12.5. The molecule has 1 amide bonds. The molecule has 6 nitrogen and oxygen atoms in total. The van der Waals surface area contributed by atoms with Crippen molar-refractivity contribution in [2.24, 2.45) is 0 Å². The van der Waals surface area contributed by atoms with Crippen LogP contribution in [0.2, 0.25) is 5.02 Å². The van der Waals surface area contributed by atoms with Crippen LogP contribution in [0.5, 0.6) is 0 Å². The fourth-order valence-corrected chi connectivity index (χ4v) is 2.97. The standard InChI is InChI=1S/C19H22ClN3O3/c1-13-2-4-14(5-3-13)17(24)12-22-18-16(20)10-15(11-21-18)19(25)23-6-8-26-9-7-23/h2-5,10-11,17,24H,6-9,12H2,1H3,(H,21,22). The fraction of sp³-hybridized carbons (Fsp3) is 0.368. The van der Waals surface area contributed by atoms with Gasteiger partial charge in [-0.15, -0.1) is 0 Å². The van der Waals surface area contributed by atoms with Gasteiger partial charge >= 0.3 is 0 Å². The Morgan fingerprint density at radius 1 is 1.35 bits per heavy atom. The van der Waals surface area contributed by atoms with Crippen LogP contribution in [0, 0.1) is 6.92 Å². The number of aliphatic hydroxyl groups is 1. The summed E-state index contributed by atoms with van der Waals surface area (Å²) in [6.07, 6.45) is 0.827. The van der Waals surface area contributed by atoms with Gasteiger partial charge in [-0.1, -0.05) is 41.4 Å². The van der Waals surface area contributed by atoms with Crippen LogP contribution in [0.3, 0.4) is 0 Å². The smallest absolute Gasteiger partial charge is 0.255 e. The van der Waals surface area contributed by atoms with Gasteiger partial charge in [-0.3, -0.25) is 4.79 Å². The molecule has 1 aliphatic rings. The summed E-state index contributed by atoms with van der Waals surface area (Å²) in [4.78, 5) is 18.4. The Labute approximate surface area is 157 Å². The summed E-state index contributed by atoms with van der Waals surface area (Å²) in [5, 5.41) is 13.7. The number of nitrogens with one attached hydrogen (secondary N) is 1. The number of ether oxygens (including phenoxy) is 1. The molecule has 3 rings (SSSR count). The molecule has 26 heavy (non-hydrogen) atoms. The second-order valence-electron chi connectivity index (χ2n) is 6.27. The lowest BCUT2D eigenvalue weighted by molar-refractivity contribution is 0.0302. The number of hydrogen-bond donors (Lipinski definition) is 2. The van der Waals surface area contributed by atoms with E-state index in [2.05, 4.69) is 10.3 Å². The molecule has 0 radical (unpaired) electrons. The van der Waals surface area contributed by atoms with Crippen LogP contribution in [-0.4, -0.2) is 53.7 Å². The number of rotatable bonds is 5. The van der Waals surface area contributed by atoms with Crippen molar-refractivity contribution in [3.63, 3.8) is 0 Å². The summed E-state index contributed by atoms with van der Waals surface area (Å²) in [5.74, 6) is 0.338. The highest BCUT2D eigenvalue weighted by atomic mass is 35.5. The average Bonchev–Trinajstić information content (AvgIpc) is 2.67. The highest BCUT2D eigenvalue weighted by Gasteiger charge is 2.20.